The molecule has 6 nitrogen and oxygen atoms in total. The first-order chi connectivity index (χ1) is 8.72. The van der Waals surface area contributed by atoms with Crippen molar-refractivity contribution in [2.45, 2.75) is 35.6 Å². The van der Waals surface area contributed by atoms with E-state index in [2.05, 4.69) is 0 Å². The maximum absolute atomic E-state index is 13.0. The molecule has 0 aromatic heterocycles. The molecule has 3 fully saturated rings. The van der Waals surface area contributed by atoms with Crippen LogP contribution in [0.15, 0.2) is 0 Å². The van der Waals surface area contributed by atoms with Gasteiger partial charge in [-0.25, -0.2) is 4.21 Å². The number of hydrogen-bond acceptors (Lipinski definition) is 5. The van der Waals surface area contributed by atoms with Gasteiger partial charge in [-0.3, -0.25) is 4.18 Å². The second-order valence-electron chi connectivity index (χ2n) is 5.15. The van der Waals surface area contributed by atoms with E-state index in [0.29, 0.717) is 12.8 Å². The second-order valence-corrected chi connectivity index (χ2v) is 8.03. The smallest absolute Gasteiger partial charge is 0.367 e. The minimum atomic E-state index is -3.86. The molecule has 0 aromatic rings. The normalized spacial score (nSPS) is 44.7. The minimum Gasteiger partial charge on any atom is -0.368 e. The van der Waals surface area contributed by atoms with Crippen LogP contribution in [0.25, 0.3) is 0 Å². The zero-order valence-corrected chi connectivity index (χ0v) is 11.2. The summed E-state index contributed by atoms with van der Waals surface area (Å²) < 4.78 is 78.0. The van der Waals surface area contributed by atoms with Gasteiger partial charge in [-0.05, 0) is 18.8 Å². The molecule has 2 bridgehead atoms. The van der Waals surface area contributed by atoms with Crippen molar-refractivity contribution in [2.24, 2.45) is 11.8 Å². The third-order valence-electron chi connectivity index (χ3n) is 4.11. The summed E-state index contributed by atoms with van der Waals surface area (Å²) in [5.41, 5.74) is 0. The Morgan fingerprint density at radius 3 is 2.74 bits per heavy atom. The fourth-order valence-electron chi connectivity index (χ4n) is 3.36. The predicted octanol–water partition coefficient (Wildman–Crippen LogP) is 0.323. The van der Waals surface area contributed by atoms with Crippen molar-refractivity contribution < 1.29 is 34.9 Å². The van der Waals surface area contributed by atoms with E-state index in [1.165, 1.54) is 0 Å². The average Bonchev–Trinajstić information content (AvgIpc) is 2.87. The van der Waals surface area contributed by atoms with E-state index in [1.807, 2.05) is 0 Å². The summed E-state index contributed by atoms with van der Waals surface area (Å²) in [4.78, 5) is 0. The Kier molecular flexibility index (Phi) is 3.03. The van der Waals surface area contributed by atoms with Crippen molar-refractivity contribution in [3.05, 3.63) is 0 Å². The van der Waals surface area contributed by atoms with Gasteiger partial charge in [0, 0.05) is 5.92 Å². The van der Waals surface area contributed by atoms with E-state index in [9.17, 15) is 21.4 Å². The van der Waals surface area contributed by atoms with Gasteiger partial charge in [0.2, 0.25) is 11.1 Å². The van der Waals surface area contributed by atoms with Crippen LogP contribution in [0.2, 0.25) is 0 Å². The summed E-state index contributed by atoms with van der Waals surface area (Å²) in [6, 6.07) is 0. The highest BCUT2D eigenvalue weighted by molar-refractivity contribution is 7.87. The van der Waals surface area contributed by atoms with Gasteiger partial charge in [-0.15, -0.1) is 0 Å². The Hall–Kier alpha value is -0.160. The van der Waals surface area contributed by atoms with Crippen LogP contribution >= 0.6 is 0 Å². The lowest BCUT2D eigenvalue weighted by Gasteiger charge is -2.26. The van der Waals surface area contributed by atoms with Crippen LogP contribution in [0, 0.1) is 11.8 Å². The van der Waals surface area contributed by atoms with Crippen LogP contribution in [0.4, 0.5) is 8.78 Å². The Bertz CT molecular complexity index is 521. The lowest BCUT2D eigenvalue weighted by molar-refractivity contribution is -0.0915. The first-order valence-electron chi connectivity index (χ1n) is 5.75. The molecule has 6 unspecified atom stereocenters. The van der Waals surface area contributed by atoms with Gasteiger partial charge in [-0.2, -0.15) is 17.2 Å². The van der Waals surface area contributed by atoms with Crippen LogP contribution < -0.4 is 0 Å². The summed E-state index contributed by atoms with van der Waals surface area (Å²) in [5.74, 6) is -0.339. The molecule has 6 atom stereocenters. The van der Waals surface area contributed by atoms with Gasteiger partial charge in [0.1, 0.15) is 12.7 Å². The summed E-state index contributed by atoms with van der Waals surface area (Å²) in [7, 11) is -3.61. The summed E-state index contributed by atoms with van der Waals surface area (Å²) in [5, 5.41) is -4.41. The number of ether oxygens (including phenoxy) is 1. The molecule has 0 radical (unpaired) electrons. The Balaban J connectivity index is 1.71. The molecule has 1 N–H and O–H groups in total. The van der Waals surface area contributed by atoms with Crippen LogP contribution in [-0.4, -0.2) is 46.5 Å². The molecule has 0 aromatic carbocycles. The molecule has 110 valence electrons. The Morgan fingerprint density at radius 2 is 2.11 bits per heavy atom. The molecule has 3 aliphatic rings. The predicted molar refractivity (Wildman–Crippen MR) is 59.3 cm³/mol. The van der Waals surface area contributed by atoms with Crippen molar-refractivity contribution in [3.8, 4) is 0 Å². The van der Waals surface area contributed by atoms with Crippen LogP contribution in [-0.2, 0) is 30.1 Å². The lowest BCUT2D eigenvalue weighted by atomic mass is 9.94. The molecule has 3 rings (SSSR count). The molecule has 1 aliphatic heterocycles. The molecule has 1 heterocycles. The van der Waals surface area contributed by atoms with Gasteiger partial charge in [0.25, 0.3) is 10.1 Å². The maximum Gasteiger partial charge on any atom is 0.367 e. The largest absolute Gasteiger partial charge is 0.368 e. The zero-order valence-electron chi connectivity index (χ0n) is 9.57. The van der Waals surface area contributed by atoms with E-state index in [4.69, 9.17) is 13.5 Å². The van der Waals surface area contributed by atoms with Crippen LogP contribution in [0.3, 0.4) is 0 Å². The first kappa shape index (κ1) is 13.8. The van der Waals surface area contributed by atoms with Crippen molar-refractivity contribution in [3.63, 3.8) is 0 Å². The van der Waals surface area contributed by atoms with E-state index in [1.54, 1.807) is 0 Å². The molecule has 2 saturated carbocycles. The molecule has 19 heavy (non-hydrogen) atoms. The third-order valence-corrected chi connectivity index (χ3v) is 6.52. The number of alkyl halides is 2. The lowest BCUT2D eigenvalue weighted by Crippen LogP contribution is -2.39. The SMILES string of the molecule is O=S(O)C(F)(F)COC1C2CC3C1OS(=O)(=O)C3C2. The standard InChI is InChI=1S/C9H12F2O6S2/c10-9(11,18(12)13)3-16-7-4-1-5-6(2-4)19(14,15)17-8(5)7/h4-8H,1-3H2,(H,12,13). The summed E-state index contributed by atoms with van der Waals surface area (Å²) >= 11 is -3.31. The minimum absolute atomic E-state index is 0.139. The van der Waals surface area contributed by atoms with E-state index in [0.717, 1.165) is 0 Å². The van der Waals surface area contributed by atoms with E-state index >= 15 is 0 Å². The highest BCUT2D eigenvalue weighted by Gasteiger charge is 2.64. The van der Waals surface area contributed by atoms with Crippen LogP contribution in [0.5, 0.6) is 0 Å². The van der Waals surface area contributed by atoms with Gasteiger partial charge in [0.05, 0.1) is 11.4 Å². The third kappa shape index (κ3) is 2.04. The maximum atomic E-state index is 13.0. The van der Waals surface area contributed by atoms with Gasteiger partial charge in [0.15, 0.2) is 0 Å². The molecule has 10 heteroatoms. The number of fused-ring (bicyclic) bond motifs is 1. The highest BCUT2D eigenvalue weighted by atomic mass is 32.2. The zero-order chi connectivity index (χ0) is 14.0. The molecular formula is C9H12F2O6S2. The summed E-state index contributed by atoms with van der Waals surface area (Å²) in [6.07, 6.45) is -0.542. The molecule has 0 amide bonds. The van der Waals surface area contributed by atoms with Crippen molar-refractivity contribution in [1.29, 1.82) is 0 Å². The first-order valence-corrected chi connectivity index (χ1v) is 8.33. The quantitative estimate of drug-likeness (QED) is 0.593. The van der Waals surface area contributed by atoms with Gasteiger partial charge < -0.3 is 9.29 Å². The number of rotatable bonds is 4. The number of hydrogen-bond donors (Lipinski definition) is 1. The summed E-state index contributed by atoms with van der Waals surface area (Å²) in [6.45, 7) is -1.21. The Morgan fingerprint density at radius 1 is 1.42 bits per heavy atom. The second kappa shape index (κ2) is 4.17. The van der Waals surface area contributed by atoms with Gasteiger partial charge >= 0.3 is 5.25 Å². The van der Waals surface area contributed by atoms with Crippen molar-refractivity contribution in [2.75, 3.05) is 6.61 Å². The average molecular weight is 318 g/mol. The Labute approximate surface area is 110 Å². The topological polar surface area (TPSA) is 89.9 Å². The van der Waals surface area contributed by atoms with Crippen LogP contribution in [0.1, 0.15) is 12.8 Å². The van der Waals surface area contributed by atoms with Crippen molar-refractivity contribution >= 4 is 21.2 Å². The van der Waals surface area contributed by atoms with Crippen molar-refractivity contribution in [1.82, 2.24) is 0 Å². The monoisotopic (exact) mass is 318 g/mol. The molecule has 1 saturated heterocycles. The molecular weight excluding hydrogens is 306 g/mol. The molecule has 0 spiro atoms. The fraction of sp³-hybridized carbons (Fsp3) is 1.00. The molecule has 2 aliphatic carbocycles. The number of halogens is 2. The van der Waals surface area contributed by atoms with Gasteiger partial charge in [-0.1, -0.05) is 0 Å². The van der Waals surface area contributed by atoms with E-state index < -0.39 is 50.5 Å². The fourth-order valence-corrected chi connectivity index (χ4v) is 5.41. The van der Waals surface area contributed by atoms with E-state index in [-0.39, 0.29) is 11.8 Å². The highest BCUT2D eigenvalue weighted by Crippen LogP contribution is 2.55.